The Balaban J connectivity index is 1.65. The van der Waals surface area contributed by atoms with E-state index < -0.39 is 5.91 Å². The van der Waals surface area contributed by atoms with E-state index in [0.29, 0.717) is 17.4 Å². The fourth-order valence-electron chi connectivity index (χ4n) is 2.83. The van der Waals surface area contributed by atoms with Gasteiger partial charge in [-0.25, -0.2) is 15.0 Å². The molecule has 3 rings (SSSR count). The van der Waals surface area contributed by atoms with Gasteiger partial charge < -0.3 is 20.1 Å². The van der Waals surface area contributed by atoms with Crippen molar-refractivity contribution in [1.82, 2.24) is 15.0 Å². The van der Waals surface area contributed by atoms with Crippen LogP contribution in [0.3, 0.4) is 0 Å². The van der Waals surface area contributed by atoms with Gasteiger partial charge >= 0.3 is 0 Å². The molecule has 1 saturated heterocycles. The third-order valence-electron chi connectivity index (χ3n) is 4.24. The number of aromatic nitrogens is 3. The summed E-state index contributed by atoms with van der Waals surface area (Å²) in [6, 6.07) is 3.60. The number of ether oxygens (including phenoxy) is 2. The Bertz CT molecular complexity index is 792. The summed E-state index contributed by atoms with van der Waals surface area (Å²) in [5.74, 6) is 1.13. The highest BCUT2D eigenvalue weighted by molar-refractivity contribution is 6.30. The van der Waals surface area contributed by atoms with Crippen LogP contribution in [0.5, 0.6) is 11.6 Å². The molecule has 2 aromatic heterocycles. The second-order valence-electron chi connectivity index (χ2n) is 5.99. The molecule has 0 radical (unpaired) electrons. The van der Waals surface area contributed by atoms with Crippen molar-refractivity contribution >= 4 is 23.3 Å². The number of rotatable bonds is 5. The first kappa shape index (κ1) is 18.2. The van der Waals surface area contributed by atoms with Crippen molar-refractivity contribution in [1.29, 1.82) is 0 Å². The highest BCUT2D eigenvalue weighted by atomic mass is 35.5. The quantitative estimate of drug-likeness (QED) is 0.794. The Morgan fingerprint density at radius 2 is 2.04 bits per heavy atom. The normalized spacial score (nSPS) is 15.0. The maximum absolute atomic E-state index is 11.4. The molecule has 1 aliphatic heterocycles. The first-order chi connectivity index (χ1) is 12.5. The van der Waals surface area contributed by atoms with Crippen LogP contribution in [-0.2, 0) is 0 Å². The zero-order valence-corrected chi connectivity index (χ0v) is 15.4. The van der Waals surface area contributed by atoms with Gasteiger partial charge in [-0.05, 0) is 13.0 Å². The van der Waals surface area contributed by atoms with Crippen LogP contribution in [-0.4, -0.2) is 47.2 Å². The number of methoxy groups -OCH3 is 1. The molecule has 0 saturated carbocycles. The summed E-state index contributed by atoms with van der Waals surface area (Å²) < 4.78 is 11.0. The van der Waals surface area contributed by atoms with Crippen molar-refractivity contribution in [3.63, 3.8) is 0 Å². The molecule has 1 aliphatic rings. The number of carbonyl (C=O) groups is 1. The van der Waals surface area contributed by atoms with Crippen molar-refractivity contribution in [2.75, 3.05) is 25.1 Å². The van der Waals surface area contributed by atoms with E-state index in [-0.39, 0.29) is 17.1 Å². The standard InChI is InChI=1S/C17H20ClN5O3/c1-10-14(18)21-16(15(19)24)22-17(10)23-7-5-11(6-8-23)26-12-3-4-13(25-2)20-9-12/h3-4,9,11H,5-8H2,1-2H3,(H2,19,24). The number of primary amides is 1. The first-order valence-electron chi connectivity index (χ1n) is 8.23. The van der Waals surface area contributed by atoms with Crippen molar-refractivity contribution in [2.24, 2.45) is 5.73 Å². The van der Waals surface area contributed by atoms with Gasteiger partial charge in [0.25, 0.3) is 5.91 Å². The number of hydrogen-bond donors (Lipinski definition) is 1. The lowest BCUT2D eigenvalue weighted by molar-refractivity contribution is 0.0990. The Morgan fingerprint density at radius 1 is 1.31 bits per heavy atom. The van der Waals surface area contributed by atoms with Gasteiger partial charge in [0, 0.05) is 37.6 Å². The molecular formula is C17H20ClN5O3. The number of nitrogens with two attached hydrogens (primary N) is 1. The van der Waals surface area contributed by atoms with E-state index in [1.54, 1.807) is 19.4 Å². The minimum atomic E-state index is -0.696. The molecule has 9 heteroatoms. The fraction of sp³-hybridized carbons (Fsp3) is 0.412. The SMILES string of the molecule is COc1ccc(OC2CCN(c3nc(C(N)=O)nc(Cl)c3C)CC2)cn1. The Kier molecular flexibility index (Phi) is 5.41. The van der Waals surface area contributed by atoms with Gasteiger partial charge in [-0.15, -0.1) is 0 Å². The number of pyridine rings is 1. The van der Waals surface area contributed by atoms with Crippen LogP contribution in [0, 0.1) is 6.92 Å². The van der Waals surface area contributed by atoms with Crippen LogP contribution >= 0.6 is 11.6 Å². The molecule has 1 amide bonds. The maximum atomic E-state index is 11.4. The molecule has 0 aliphatic carbocycles. The van der Waals surface area contributed by atoms with Gasteiger partial charge in [0.2, 0.25) is 11.7 Å². The number of anilines is 1. The van der Waals surface area contributed by atoms with E-state index in [1.165, 1.54) is 0 Å². The Morgan fingerprint density at radius 3 is 2.62 bits per heavy atom. The van der Waals surface area contributed by atoms with Crippen LogP contribution in [0.25, 0.3) is 0 Å². The molecule has 2 aromatic rings. The van der Waals surface area contributed by atoms with E-state index in [9.17, 15) is 4.79 Å². The van der Waals surface area contributed by atoms with Gasteiger partial charge in [0.05, 0.1) is 13.3 Å². The van der Waals surface area contributed by atoms with Crippen LogP contribution < -0.4 is 20.1 Å². The molecular weight excluding hydrogens is 358 g/mol. The lowest BCUT2D eigenvalue weighted by Gasteiger charge is -2.33. The van der Waals surface area contributed by atoms with E-state index in [0.717, 1.165) is 31.5 Å². The summed E-state index contributed by atoms with van der Waals surface area (Å²) in [5.41, 5.74) is 6.02. The molecule has 8 nitrogen and oxygen atoms in total. The average Bonchev–Trinajstić information content (AvgIpc) is 2.65. The number of hydrogen-bond acceptors (Lipinski definition) is 7. The molecule has 3 heterocycles. The Hall–Kier alpha value is -2.61. The molecule has 0 spiro atoms. The molecule has 26 heavy (non-hydrogen) atoms. The minimum Gasteiger partial charge on any atom is -0.489 e. The fourth-order valence-corrected chi connectivity index (χ4v) is 3.00. The lowest BCUT2D eigenvalue weighted by atomic mass is 10.1. The minimum absolute atomic E-state index is 0.0710. The summed E-state index contributed by atoms with van der Waals surface area (Å²) in [4.78, 5) is 25.8. The van der Waals surface area contributed by atoms with Crippen LogP contribution in [0.4, 0.5) is 5.82 Å². The second-order valence-corrected chi connectivity index (χ2v) is 6.35. The van der Waals surface area contributed by atoms with E-state index in [1.807, 2.05) is 13.0 Å². The van der Waals surface area contributed by atoms with Crippen LogP contribution in [0.1, 0.15) is 29.0 Å². The monoisotopic (exact) mass is 377 g/mol. The zero-order chi connectivity index (χ0) is 18.7. The summed E-state index contributed by atoms with van der Waals surface area (Å²) >= 11 is 6.12. The predicted octanol–water partition coefficient (Wildman–Crippen LogP) is 1.99. The molecule has 1 fully saturated rings. The molecule has 0 aromatic carbocycles. The van der Waals surface area contributed by atoms with Crippen LogP contribution in [0.2, 0.25) is 5.15 Å². The number of amides is 1. The largest absolute Gasteiger partial charge is 0.489 e. The van der Waals surface area contributed by atoms with Gasteiger partial charge in [0.1, 0.15) is 22.8 Å². The van der Waals surface area contributed by atoms with Gasteiger partial charge in [0.15, 0.2) is 0 Å². The van der Waals surface area contributed by atoms with Gasteiger partial charge in [-0.3, -0.25) is 4.79 Å². The molecule has 0 bridgehead atoms. The molecule has 138 valence electrons. The number of halogens is 1. The topological polar surface area (TPSA) is 103 Å². The summed E-state index contributed by atoms with van der Waals surface area (Å²) in [7, 11) is 1.57. The van der Waals surface area contributed by atoms with E-state index >= 15 is 0 Å². The molecule has 0 atom stereocenters. The zero-order valence-electron chi connectivity index (χ0n) is 14.6. The number of piperidine rings is 1. The summed E-state index contributed by atoms with van der Waals surface area (Å²) in [5, 5.41) is 0.242. The van der Waals surface area contributed by atoms with Crippen molar-refractivity contribution in [2.45, 2.75) is 25.9 Å². The van der Waals surface area contributed by atoms with Crippen molar-refractivity contribution in [3.05, 3.63) is 34.9 Å². The predicted molar refractivity (Wildman–Crippen MR) is 96.9 cm³/mol. The second kappa shape index (κ2) is 7.74. The van der Waals surface area contributed by atoms with Crippen molar-refractivity contribution in [3.8, 4) is 11.6 Å². The van der Waals surface area contributed by atoms with Crippen LogP contribution in [0.15, 0.2) is 18.3 Å². The number of nitrogens with zero attached hydrogens (tertiary/aromatic N) is 4. The third kappa shape index (κ3) is 3.96. The first-order valence-corrected chi connectivity index (χ1v) is 8.61. The third-order valence-corrected chi connectivity index (χ3v) is 4.61. The maximum Gasteiger partial charge on any atom is 0.286 e. The Labute approximate surface area is 156 Å². The highest BCUT2D eigenvalue weighted by Crippen LogP contribution is 2.27. The molecule has 2 N–H and O–H groups in total. The lowest BCUT2D eigenvalue weighted by Crippen LogP contribution is -2.39. The van der Waals surface area contributed by atoms with Gasteiger partial charge in [-0.1, -0.05) is 11.6 Å². The smallest absolute Gasteiger partial charge is 0.286 e. The number of carbonyl (C=O) groups excluding carboxylic acids is 1. The van der Waals surface area contributed by atoms with Crippen molar-refractivity contribution < 1.29 is 14.3 Å². The summed E-state index contributed by atoms with van der Waals surface area (Å²) in [6.45, 7) is 3.27. The van der Waals surface area contributed by atoms with E-state index in [2.05, 4.69) is 19.9 Å². The highest BCUT2D eigenvalue weighted by Gasteiger charge is 2.24. The molecule has 0 unspecified atom stereocenters. The average molecular weight is 378 g/mol. The van der Waals surface area contributed by atoms with Gasteiger partial charge in [-0.2, -0.15) is 0 Å². The summed E-state index contributed by atoms with van der Waals surface area (Å²) in [6.07, 6.45) is 3.34. The van der Waals surface area contributed by atoms with E-state index in [4.69, 9.17) is 26.8 Å².